The van der Waals surface area contributed by atoms with Crippen molar-refractivity contribution in [3.8, 4) is 5.75 Å². The van der Waals surface area contributed by atoms with E-state index in [0.717, 1.165) is 31.0 Å². The number of unbranched alkanes of at least 4 members (excludes halogenated alkanes) is 4. The second kappa shape index (κ2) is 47.5. The Kier molecular flexibility index (Phi) is 48.0. The molecule has 2 aromatic carbocycles. The molecule has 0 spiro atoms. The summed E-state index contributed by atoms with van der Waals surface area (Å²) in [4.78, 5) is 31.8. The lowest BCUT2D eigenvalue weighted by Crippen LogP contribution is -2.31. The molecule has 0 aliphatic heterocycles. The standard InChI is InChI=1S/C19H36N2O2.C15H22N2O4.C6H6N2O2.C5H12.C3H4O.C2H6/c1-5-9-11-16(7-3)15-23-19(8-4)18(21)13-17(14-20)22-12-10-6-2;1-4-15(18)21-10-8-17(7-9-19-2)12-5-6-13(16)14(11-12)20-3;7-5-1-3-6(4-2-5)8(9)10;1-3-5-4-2;1-2-3-4;1-2/h8,13-14,16H,5-7,9-12,15,20-21H2,1-4H3;4-6,11H,1,7-10,16H2,2-3H3;1-4H,7H2;3-5H2,1-2H3;2-3H,1H2;1-2H3/b17-14-,18-13+,19-8+;;;;;. The first-order valence-electron chi connectivity index (χ1n) is 22.6. The predicted octanol–water partition coefficient (Wildman–Crippen LogP) is 10.8. The lowest BCUT2D eigenvalue weighted by atomic mass is 10.0. The number of carbonyl (C=O) groups is 2. The minimum atomic E-state index is -0.459. The first-order valence-corrected chi connectivity index (χ1v) is 22.6. The number of allylic oxidation sites excluding steroid dienone is 3. The van der Waals surface area contributed by atoms with Crippen LogP contribution in [0.1, 0.15) is 113 Å². The zero-order valence-corrected chi connectivity index (χ0v) is 41.5. The third-order valence-electron chi connectivity index (χ3n) is 8.62. The number of hydrogen-bond acceptors (Lipinski definition) is 14. The molecule has 0 fully saturated rings. The fraction of sp³-hybridized carbons (Fsp3) is 0.520. The molecule has 15 nitrogen and oxygen atoms in total. The predicted molar refractivity (Wildman–Crippen MR) is 271 cm³/mol. The number of benzene rings is 2. The summed E-state index contributed by atoms with van der Waals surface area (Å²) in [6.07, 6.45) is 19.0. The molecule has 65 heavy (non-hydrogen) atoms. The largest absolute Gasteiger partial charge is 0.495 e. The number of anilines is 3. The molecule has 1 atom stereocenters. The van der Waals surface area contributed by atoms with Crippen LogP contribution >= 0.6 is 0 Å². The minimum Gasteiger partial charge on any atom is -0.495 e. The van der Waals surface area contributed by atoms with Crippen molar-refractivity contribution in [2.24, 2.45) is 17.4 Å². The van der Waals surface area contributed by atoms with Gasteiger partial charge in [-0.2, -0.15) is 0 Å². The lowest BCUT2D eigenvalue weighted by Gasteiger charge is -2.25. The van der Waals surface area contributed by atoms with Crippen molar-refractivity contribution in [2.75, 3.05) is 70.1 Å². The number of nitrogen functional groups attached to an aromatic ring is 2. The van der Waals surface area contributed by atoms with Gasteiger partial charge in [0.1, 0.15) is 30.2 Å². The molecule has 0 amide bonds. The molecular weight excluding hydrogens is 829 g/mol. The number of methoxy groups -OCH3 is 2. The first kappa shape index (κ1) is 65.7. The number of nitrogens with zero attached hydrogens (tertiary/aromatic N) is 2. The summed E-state index contributed by atoms with van der Waals surface area (Å²) in [5, 5.41) is 10.1. The van der Waals surface area contributed by atoms with Gasteiger partial charge >= 0.3 is 5.97 Å². The Morgan fingerprint density at radius 2 is 1.45 bits per heavy atom. The van der Waals surface area contributed by atoms with Gasteiger partial charge in [-0.05, 0) is 62.1 Å². The van der Waals surface area contributed by atoms with E-state index in [0.29, 0.717) is 79.5 Å². The second-order valence-corrected chi connectivity index (χ2v) is 13.6. The van der Waals surface area contributed by atoms with Crippen molar-refractivity contribution in [1.29, 1.82) is 0 Å². The fourth-order valence-electron chi connectivity index (χ4n) is 4.87. The zero-order valence-electron chi connectivity index (χ0n) is 41.5. The summed E-state index contributed by atoms with van der Waals surface area (Å²) in [6, 6.07) is 11.3. The second-order valence-electron chi connectivity index (χ2n) is 13.6. The molecule has 0 saturated heterocycles. The van der Waals surface area contributed by atoms with Crippen molar-refractivity contribution in [1.82, 2.24) is 0 Å². The highest BCUT2D eigenvalue weighted by atomic mass is 16.6. The first-order chi connectivity index (χ1) is 31.3. The van der Waals surface area contributed by atoms with Gasteiger partial charge in [-0.3, -0.25) is 14.9 Å². The third-order valence-corrected chi connectivity index (χ3v) is 8.62. The van der Waals surface area contributed by atoms with Gasteiger partial charge in [-0.1, -0.05) is 107 Å². The van der Waals surface area contributed by atoms with Crippen LogP contribution in [0, 0.1) is 16.0 Å². The highest BCUT2D eigenvalue weighted by molar-refractivity contribution is 5.81. The van der Waals surface area contributed by atoms with E-state index in [1.165, 1.54) is 75.1 Å². The Bertz CT molecular complexity index is 1590. The summed E-state index contributed by atoms with van der Waals surface area (Å²) < 4.78 is 26.8. The van der Waals surface area contributed by atoms with Crippen LogP contribution in [-0.2, 0) is 28.5 Å². The van der Waals surface area contributed by atoms with Crippen molar-refractivity contribution >= 4 is 35.0 Å². The van der Waals surface area contributed by atoms with E-state index in [1.807, 2.05) is 43.9 Å². The number of nitro benzene ring substituents is 1. The normalized spacial score (nSPS) is 10.9. The average Bonchev–Trinajstić information content (AvgIpc) is 3.32. The van der Waals surface area contributed by atoms with E-state index in [2.05, 4.69) is 47.8 Å². The number of carbonyl (C=O) groups excluding carboxylic acids is 2. The van der Waals surface area contributed by atoms with Crippen LogP contribution < -0.4 is 32.6 Å². The van der Waals surface area contributed by atoms with E-state index in [9.17, 15) is 14.9 Å². The van der Waals surface area contributed by atoms with Crippen LogP contribution in [0.3, 0.4) is 0 Å². The molecule has 0 aliphatic rings. The third kappa shape index (κ3) is 37.2. The van der Waals surface area contributed by atoms with Crippen LogP contribution in [0.2, 0.25) is 0 Å². The van der Waals surface area contributed by atoms with Crippen LogP contribution in [-0.4, -0.2) is 70.9 Å². The number of hydrogen-bond donors (Lipinski definition) is 4. The molecule has 0 heterocycles. The number of aldehydes is 1. The van der Waals surface area contributed by atoms with E-state index < -0.39 is 10.9 Å². The van der Waals surface area contributed by atoms with Gasteiger partial charge < -0.3 is 51.5 Å². The molecular formula is C50H86N6O9. The van der Waals surface area contributed by atoms with Crippen LogP contribution in [0.25, 0.3) is 0 Å². The SMILES string of the molecule is C=CC(=O)OCCN(CCOC)c1ccc(N)c(OC)c1.C=CC=O.CC.CCCCC.C\C=C(OCC(CC)CCCC)/C(N)=C\C(=C\N)OCCCC.Nc1ccc([N+](=O)[O-])cc1. The van der Waals surface area contributed by atoms with Crippen molar-refractivity contribution in [2.45, 2.75) is 113 Å². The lowest BCUT2D eigenvalue weighted by molar-refractivity contribution is -0.384. The summed E-state index contributed by atoms with van der Waals surface area (Å²) >= 11 is 0. The molecule has 0 aromatic heterocycles. The maximum Gasteiger partial charge on any atom is 0.330 e. The Balaban J connectivity index is -0.000000401. The van der Waals surface area contributed by atoms with Crippen molar-refractivity contribution < 1.29 is 38.2 Å². The van der Waals surface area contributed by atoms with Gasteiger partial charge in [0.25, 0.3) is 5.69 Å². The summed E-state index contributed by atoms with van der Waals surface area (Å²) in [5.41, 5.74) is 25.5. The van der Waals surface area contributed by atoms with Crippen molar-refractivity contribution in [3.63, 3.8) is 0 Å². The molecule has 2 rings (SSSR count). The fourth-order valence-corrected chi connectivity index (χ4v) is 4.87. The molecule has 15 heteroatoms. The van der Waals surface area contributed by atoms with Gasteiger partial charge in [0.05, 0.1) is 49.8 Å². The maximum atomic E-state index is 11.1. The van der Waals surface area contributed by atoms with E-state index >= 15 is 0 Å². The zero-order chi connectivity index (χ0) is 50.3. The molecule has 0 radical (unpaired) electrons. The number of nitro groups is 1. The Morgan fingerprint density at radius 1 is 0.862 bits per heavy atom. The number of ether oxygens (including phenoxy) is 5. The Morgan fingerprint density at radius 3 is 1.89 bits per heavy atom. The average molecular weight is 915 g/mol. The minimum absolute atomic E-state index is 0.0641. The summed E-state index contributed by atoms with van der Waals surface area (Å²) in [7, 11) is 3.21. The summed E-state index contributed by atoms with van der Waals surface area (Å²) in [6.45, 7) is 26.7. The molecule has 0 bridgehead atoms. The van der Waals surface area contributed by atoms with Gasteiger partial charge in [0.2, 0.25) is 0 Å². The number of non-ortho nitro benzene ring substituents is 1. The van der Waals surface area contributed by atoms with Gasteiger partial charge in [-0.25, -0.2) is 4.79 Å². The number of nitrogens with two attached hydrogens (primary N) is 4. The van der Waals surface area contributed by atoms with E-state index in [1.54, 1.807) is 26.4 Å². The number of esters is 1. The smallest absolute Gasteiger partial charge is 0.330 e. The van der Waals surface area contributed by atoms with Gasteiger partial charge in [-0.15, -0.1) is 0 Å². The summed E-state index contributed by atoms with van der Waals surface area (Å²) in [5.74, 6) is 2.02. The highest BCUT2D eigenvalue weighted by Gasteiger charge is 2.12. The molecule has 0 aliphatic carbocycles. The van der Waals surface area contributed by atoms with E-state index in [-0.39, 0.29) is 12.3 Å². The van der Waals surface area contributed by atoms with Crippen LogP contribution in [0.5, 0.6) is 5.75 Å². The van der Waals surface area contributed by atoms with E-state index in [4.69, 9.17) is 51.4 Å². The van der Waals surface area contributed by atoms with Gasteiger partial charge in [0.15, 0.2) is 0 Å². The Hall–Kier alpha value is -5.96. The van der Waals surface area contributed by atoms with Crippen LogP contribution in [0.4, 0.5) is 22.7 Å². The quantitative estimate of drug-likeness (QED) is 0.00792. The Labute approximate surface area is 392 Å². The highest BCUT2D eigenvalue weighted by Crippen LogP contribution is 2.27. The maximum absolute atomic E-state index is 11.1. The van der Waals surface area contributed by atoms with Crippen molar-refractivity contribution in [3.05, 3.63) is 113 Å². The van der Waals surface area contributed by atoms with Gasteiger partial charge in [0, 0.05) is 61.6 Å². The topological polar surface area (TPSA) is 231 Å². The monoisotopic (exact) mass is 915 g/mol. The molecule has 1 unspecified atom stereocenters. The molecule has 370 valence electrons. The molecule has 8 N–H and O–H groups in total. The molecule has 2 aromatic rings. The molecule has 0 saturated carbocycles. The van der Waals surface area contributed by atoms with Crippen LogP contribution in [0.15, 0.2) is 103 Å². The number of rotatable bonds is 26.